The molecule has 3 rings (SSSR count). The third kappa shape index (κ3) is 7.19. The zero-order valence-electron chi connectivity index (χ0n) is 20.9. The van der Waals surface area contributed by atoms with E-state index in [1.807, 2.05) is 25.1 Å². The average Bonchev–Trinajstić information content (AvgIpc) is 3.16. The minimum atomic E-state index is -0.749. The first-order chi connectivity index (χ1) is 17.3. The Labute approximate surface area is 211 Å². The molecule has 1 heterocycles. The van der Waals surface area contributed by atoms with Gasteiger partial charge in [0.2, 0.25) is 11.8 Å². The van der Waals surface area contributed by atoms with Crippen LogP contribution >= 0.6 is 0 Å². The molecular weight excluding hydrogens is 456 g/mol. The number of aromatic nitrogens is 1. The summed E-state index contributed by atoms with van der Waals surface area (Å²) in [6.45, 7) is 3.48. The van der Waals surface area contributed by atoms with Crippen LogP contribution in [0.2, 0.25) is 0 Å². The second-order valence-corrected chi connectivity index (χ2v) is 8.92. The van der Waals surface area contributed by atoms with Crippen molar-refractivity contribution in [1.29, 1.82) is 5.26 Å². The van der Waals surface area contributed by atoms with Crippen LogP contribution < -0.4 is 15.4 Å². The van der Waals surface area contributed by atoms with Crippen molar-refractivity contribution in [3.8, 4) is 11.8 Å². The predicted octanol–water partition coefficient (Wildman–Crippen LogP) is 4.56. The molecule has 36 heavy (non-hydrogen) atoms. The highest BCUT2D eigenvalue weighted by Crippen LogP contribution is 2.27. The Bertz CT molecular complexity index is 1290. The number of Topliss-reactive ketones (excluding diaryl/α,β-unsaturated/α-hetero) is 1. The van der Waals surface area contributed by atoms with E-state index in [0.29, 0.717) is 36.3 Å². The summed E-state index contributed by atoms with van der Waals surface area (Å²) < 4.78 is 5.33. The first kappa shape index (κ1) is 26.5. The number of hydrogen-bond donors (Lipinski definition) is 3. The Morgan fingerprint density at radius 2 is 1.92 bits per heavy atom. The van der Waals surface area contributed by atoms with Gasteiger partial charge in [-0.25, -0.2) is 0 Å². The molecule has 8 heteroatoms. The largest absolute Gasteiger partial charge is 0.497 e. The lowest BCUT2D eigenvalue weighted by Gasteiger charge is -2.19. The summed E-state index contributed by atoms with van der Waals surface area (Å²) in [5.74, 6) is 0.227. The number of aromatic amines is 1. The number of unbranched alkanes of at least 4 members (excludes halogenated alkanes) is 2. The molecule has 2 amide bonds. The maximum Gasteiger partial charge on any atom is 0.246 e. The van der Waals surface area contributed by atoms with Crippen LogP contribution in [0.25, 0.3) is 10.9 Å². The smallest absolute Gasteiger partial charge is 0.246 e. The van der Waals surface area contributed by atoms with Crippen molar-refractivity contribution in [3.63, 3.8) is 0 Å². The number of amides is 2. The highest BCUT2D eigenvalue weighted by atomic mass is 16.5. The number of hydrogen-bond acceptors (Lipinski definition) is 5. The van der Waals surface area contributed by atoms with Gasteiger partial charge in [-0.15, -0.1) is 0 Å². The first-order valence-electron chi connectivity index (χ1n) is 12.1. The number of nitriles is 1. The van der Waals surface area contributed by atoms with E-state index in [0.717, 1.165) is 35.0 Å². The maximum atomic E-state index is 13.1. The van der Waals surface area contributed by atoms with E-state index in [-0.39, 0.29) is 24.0 Å². The van der Waals surface area contributed by atoms with E-state index in [4.69, 9.17) is 10.00 Å². The summed E-state index contributed by atoms with van der Waals surface area (Å²) in [6.07, 6.45) is 3.27. The van der Waals surface area contributed by atoms with E-state index >= 15 is 0 Å². The van der Waals surface area contributed by atoms with Crippen LogP contribution in [0.4, 0.5) is 5.69 Å². The van der Waals surface area contributed by atoms with Crippen molar-refractivity contribution in [2.45, 2.75) is 58.4 Å². The minimum Gasteiger partial charge on any atom is -0.497 e. The van der Waals surface area contributed by atoms with Gasteiger partial charge in [0.05, 0.1) is 25.2 Å². The molecule has 0 fully saturated rings. The number of rotatable bonds is 12. The number of nitrogens with one attached hydrogen (secondary N) is 3. The van der Waals surface area contributed by atoms with Gasteiger partial charge in [0.25, 0.3) is 0 Å². The zero-order valence-corrected chi connectivity index (χ0v) is 20.9. The lowest BCUT2D eigenvalue weighted by atomic mass is 10.0. The van der Waals surface area contributed by atoms with E-state index in [9.17, 15) is 14.4 Å². The highest BCUT2D eigenvalue weighted by Gasteiger charge is 2.22. The second kappa shape index (κ2) is 12.5. The molecule has 8 nitrogen and oxygen atoms in total. The Kier molecular flexibility index (Phi) is 9.23. The number of benzene rings is 2. The van der Waals surface area contributed by atoms with Gasteiger partial charge >= 0.3 is 0 Å². The lowest BCUT2D eigenvalue weighted by molar-refractivity contribution is -0.126. The van der Waals surface area contributed by atoms with Crippen LogP contribution in [0.3, 0.4) is 0 Å². The molecule has 0 aliphatic rings. The second-order valence-electron chi connectivity index (χ2n) is 8.92. The van der Waals surface area contributed by atoms with Crippen LogP contribution in [0.1, 0.15) is 55.8 Å². The van der Waals surface area contributed by atoms with Crippen molar-refractivity contribution in [2.75, 3.05) is 12.4 Å². The summed E-state index contributed by atoms with van der Waals surface area (Å²) in [7, 11) is 1.60. The molecule has 0 radical (unpaired) electrons. The monoisotopic (exact) mass is 488 g/mol. The maximum absolute atomic E-state index is 13.1. The number of nitrogens with zero attached hydrogens (tertiary/aromatic N) is 1. The molecule has 188 valence electrons. The molecule has 0 aliphatic heterocycles. The molecule has 0 bridgehead atoms. The molecular formula is C28H32N4O4. The fourth-order valence-electron chi connectivity index (χ4n) is 4.19. The van der Waals surface area contributed by atoms with Crippen molar-refractivity contribution < 1.29 is 19.1 Å². The van der Waals surface area contributed by atoms with Crippen LogP contribution in [0.5, 0.6) is 5.75 Å². The van der Waals surface area contributed by atoms with Gasteiger partial charge in [-0.05, 0) is 68.7 Å². The van der Waals surface area contributed by atoms with Crippen LogP contribution in [0.15, 0.2) is 42.5 Å². The number of ether oxygens (including phenoxy) is 1. The van der Waals surface area contributed by atoms with E-state index in [2.05, 4.69) is 21.7 Å². The summed E-state index contributed by atoms with van der Waals surface area (Å²) in [5, 5.41) is 15.7. The van der Waals surface area contributed by atoms with E-state index in [1.54, 1.807) is 38.3 Å². The van der Waals surface area contributed by atoms with Gasteiger partial charge in [-0.1, -0.05) is 18.9 Å². The van der Waals surface area contributed by atoms with Crippen molar-refractivity contribution >= 4 is 34.2 Å². The van der Waals surface area contributed by atoms with Gasteiger partial charge < -0.3 is 25.1 Å². The Morgan fingerprint density at radius 1 is 1.11 bits per heavy atom. The molecule has 0 unspecified atom stereocenters. The standard InChI is InChI=1S/C28H32N4O4/c1-18(33)8-5-4-6-11-26(28(35)31-21-10-7-9-20(14-21)17-29)32-27(34)16-23-19(2)30-25-13-12-22(36-3)15-24(23)25/h7,9-10,12-15,26,30H,4-6,8,11,16H2,1-3H3,(H,31,35)(H,32,34)/t26-/m0/s1. The van der Waals surface area contributed by atoms with Crippen LogP contribution in [0, 0.1) is 18.3 Å². The van der Waals surface area contributed by atoms with Gasteiger partial charge in [-0.2, -0.15) is 5.26 Å². The number of ketones is 1. The molecule has 0 aliphatic carbocycles. The normalized spacial score (nSPS) is 11.5. The third-order valence-electron chi connectivity index (χ3n) is 6.10. The fourth-order valence-corrected chi connectivity index (χ4v) is 4.19. The lowest BCUT2D eigenvalue weighted by Crippen LogP contribution is -2.44. The van der Waals surface area contributed by atoms with Crippen molar-refractivity contribution in [2.24, 2.45) is 0 Å². The predicted molar refractivity (Wildman–Crippen MR) is 139 cm³/mol. The summed E-state index contributed by atoms with van der Waals surface area (Å²) in [4.78, 5) is 40.7. The molecule has 2 aromatic carbocycles. The molecule has 3 N–H and O–H groups in total. The zero-order chi connectivity index (χ0) is 26.1. The van der Waals surface area contributed by atoms with Gasteiger partial charge in [0.1, 0.15) is 17.6 Å². The Balaban J connectivity index is 1.72. The average molecular weight is 489 g/mol. The van der Waals surface area contributed by atoms with Crippen molar-refractivity contribution in [1.82, 2.24) is 10.3 Å². The van der Waals surface area contributed by atoms with Crippen LogP contribution in [-0.2, 0) is 20.8 Å². The Morgan fingerprint density at radius 3 is 2.64 bits per heavy atom. The topological polar surface area (TPSA) is 124 Å². The quantitative estimate of drug-likeness (QED) is 0.322. The summed E-state index contributed by atoms with van der Waals surface area (Å²) in [5.41, 5.74) is 3.57. The molecule has 3 aromatic rings. The number of methoxy groups -OCH3 is 1. The van der Waals surface area contributed by atoms with E-state index < -0.39 is 6.04 Å². The molecule has 0 spiro atoms. The number of aryl methyl sites for hydroxylation is 1. The fraction of sp³-hybridized carbons (Fsp3) is 0.357. The Hall–Kier alpha value is -4.12. The van der Waals surface area contributed by atoms with Gasteiger partial charge in [0.15, 0.2) is 0 Å². The number of anilines is 1. The minimum absolute atomic E-state index is 0.108. The highest BCUT2D eigenvalue weighted by molar-refractivity contribution is 5.98. The number of carbonyl (C=O) groups is 3. The number of H-pyrrole nitrogens is 1. The third-order valence-corrected chi connectivity index (χ3v) is 6.10. The van der Waals surface area contributed by atoms with Gasteiger partial charge in [0, 0.05) is 28.7 Å². The molecule has 0 saturated heterocycles. The SMILES string of the molecule is COc1ccc2[nH]c(C)c(CC(=O)N[C@@H](CCCCCC(C)=O)C(=O)Nc3cccc(C#N)c3)c2c1. The van der Waals surface area contributed by atoms with Crippen molar-refractivity contribution in [3.05, 3.63) is 59.3 Å². The molecule has 0 saturated carbocycles. The first-order valence-corrected chi connectivity index (χ1v) is 12.1. The molecule has 1 aromatic heterocycles. The summed E-state index contributed by atoms with van der Waals surface area (Å²) in [6, 6.07) is 13.6. The number of fused-ring (bicyclic) bond motifs is 1. The summed E-state index contributed by atoms with van der Waals surface area (Å²) >= 11 is 0. The number of carbonyl (C=O) groups excluding carboxylic acids is 3. The van der Waals surface area contributed by atoms with E-state index in [1.165, 1.54) is 0 Å². The van der Waals surface area contributed by atoms with Crippen LogP contribution in [-0.4, -0.2) is 35.7 Å². The van der Waals surface area contributed by atoms with Gasteiger partial charge in [-0.3, -0.25) is 9.59 Å². The molecule has 1 atom stereocenters.